The highest BCUT2D eigenvalue weighted by Crippen LogP contribution is 2.35. The first-order valence-corrected chi connectivity index (χ1v) is 12.3. The second-order valence-electron chi connectivity index (χ2n) is 7.99. The zero-order chi connectivity index (χ0) is 26.0. The molecule has 186 valence electrons. The van der Waals surface area contributed by atoms with Crippen LogP contribution in [0.4, 0.5) is 5.00 Å². The van der Waals surface area contributed by atoms with Gasteiger partial charge in [0.15, 0.2) is 0 Å². The molecule has 1 aromatic carbocycles. The van der Waals surface area contributed by atoms with Gasteiger partial charge in [0.1, 0.15) is 9.88 Å². The van der Waals surface area contributed by atoms with Gasteiger partial charge in [0.2, 0.25) is 0 Å². The number of pyridine rings is 1. The lowest BCUT2D eigenvalue weighted by Crippen LogP contribution is -2.15. The fourth-order valence-electron chi connectivity index (χ4n) is 3.86. The lowest BCUT2D eigenvalue weighted by Gasteiger charge is -2.11. The summed E-state index contributed by atoms with van der Waals surface area (Å²) >= 11 is 0.987. The van der Waals surface area contributed by atoms with E-state index in [1.54, 1.807) is 37.7 Å². The average molecular weight is 507 g/mol. The Kier molecular flexibility index (Phi) is 7.16. The molecule has 0 bridgehead atoms. The Hall–Kier alpha value is -4.05. The lowest BCUT2D eigenvalue weighted by molar-refractivity contribution is 0.0527. The minimum Gasteiger partial charge on any atom is -0.462 e. The number of benzene rings is 1. The lowest BCUT2D eigenvalue weighted by atomic mass is 10.0. The van der Waals surface area contributed by atoms with E-state index in [1.165, 1.54) is 0 Å². The van der Waals surface area contributed by atoms with Crippen LogP contribution in [0.2, 0.25) is 0 Å². The molecule has 0 aliphatic rings. The first-order chi connectivity index (χ1) is 17.3. The van der Waals surface area contributed by atoms with Crippen molar-refractivity contribution in [3.8, 4) is 11.3 Å². The highest BCUT2D eigenvalue weighted by atomic mass is 32.1. The summed E-state index contributed by atoms with van der Waals surface area (Å²) < 4.78 is 12.1. The number of hydrogen-bond donors (Lipinski definition) is 1. The molecule has 1 amide bonds. The number of hydrogen-bond acceptors (Lipinski definition) is 8. The minimum atomic E-state index is -0.622. The van der Waals surface area contributed by atoms with Crippen LogP contribution in [-0.4, -0.2) is 45.8 Å². The first-order valence-electron chi connectivity index (χ1n) is 11.4. The van der Waals surface area contributed by atoms with Crippen molar-refractivity contribution in [2.45, 2.75) is 27.7 Å². The number of thiophene rings is 1. The van der Waals surface area contributed by atoms with Crippen LogP contribution in [0.1, 0.15) is 55.5 Å². The van der Waals surface area contributed by atoms with Crippen molar-refractivity contribution in [3.63, 3.8) is 0 Å². The zero-order valence-electron chi connectivity index (χ0n) is 20.7. The largest absolute Gasteiger partial charge is 0.462 e. The van der Waals surface area contributed by atoms with Crippen LogP contribution in [0.3, 0.4) is 0 Å². The van der Waals surface area contributed by atoms with Gasteiger partial charge >= 0.3 is 11.9 Å². The van der Waals surface area contributed by atoms with Gasteiger partial charge in [-0.15, -0.1) is 11.3 Å². The number of aryl methyl sites for hydroxylation is 1. The molecule has 0 saturated carbocycles. The predicted octanol–water partition coefficient (Wildman–Crippen LogP) is 4.92. The Morgan fingerprint density at radius 3 is 2.42 bits per heavy atom. The van der Waals surface area contributed by atoms with Gasteiger partial charge in [0.05, 0.1) is 41.7 Å². The summed E-state index contributed by atoms with van der Waals surface area (Å²) in [6.45, 7) is 7.29. The predicted molar refractivity (Wildman–Crippen MR) is 138 cm³/mol. The summed E-state index contributed by atoms with van der Waals surface area (Å²) in [5.41, 5.74) is 3.87. The van der Waals surface area contributed by atoms with Crippen LogP contribution in [0, 0.1) is 13.8 Å². The smallest absolute Gasteiger partial charge is 0.348 e. The number of ether oxygens (including phenoxy) is 2. The summed E-state index contributed by atoms with van der Waals surface area (Å²) in [6, 6.07) is 9.03. The molecule has 3 aromatic heterocycles. The van der Waals surface area contributed by atoms with Crippen molar-refractivity contribution in [2.75, 3.05) is 18.5 Å². The second-order valence-corrected chi connectivity index (χ2v) is 9.02. The molecule has 4 rings (SSSR count). The fourth-order valence-corrected chi connectivity index (χ4v) is 4.95. The van der Waals surface area contributed by atoms with Crippen molar-refractivity contribution in [1.29, 1.82) is 0 Å². The molecule has 0 fully saturated rings. The monoisotopic (exact) mass is 506 g/mol. The summed E-state index contributed by atoms with van der Waals surface area (Å²) in [6.07, 6.45) is 1.71. The highest BCUT2D eigenvalue weighted by Gasteiger charge is 2.28. The van der Waals surface area contributed by atoms with Crippen molar-refractivity contribution in [2.24, 2.45) is 7.05 Å². The molecule has 9 nitrogen and oxygen atoms in total. The summed E-state index contributed by atoms with van der Waals surface area (Å²) in [5.74, 6) is -1.63. The molecular formula is C26H26N4O5S. The molecule has 4 aromatic rings. The van der Waals surface area contributed by atoms with Crippen LogP contribution in [0.5, 0.6) is 0 Å². The molecule has 0 aliphatic heterocycles. The maximum Gasteiger partial charge on any atom is 0.348 e. The van der Waals surface area contributed by atoms with Gasteiger partial charge in [-0.3, -0.25) is 9.48 Å². The second kappa shape index (κ2) is 10.3. The van der Waals surface area contributed by atoms with E-state index in [9.17, 15) is 14.4 Å². The van der Waals surface area contributed by atoms with Gasteiger partial charge in [0, 0.05) is 23.7 Å². The van der Waals surface area contributed by atoms with Crippen LogP contribution >= 0.6 is 11.3 Å². The third kappa shape index (κ3) is 4.59. The number of nitrogens with one attached hydrogen (secondary N) is 1. The number of anilines is 1. The number of rotatable bonds is 7. The van der Waals surface area contributed by atoms with Gasteiger partial charge in [-0.25, -0.2) is 14.6 Å². The first kappa shape index (κ1) is 25.1. The number of carbonyl (C=O) groups is 3. The van der Waals surface area contributed by atoms with Gasteiger partial charge in [-0.2, -0.15) is 5.10 Å². The molecule has 10 heteroatoms. The fraction of sp³-hybridized carbons (Fsp3) is 0.269. The van der Waals surface area contributed by atoms with E-state index >= 15 is 0 Å². The SMILES string of the molecule is CCOC(=O)c1sc(NC(=O)c2cc(-c3cnn(C)c3C)nc3ccccc23)c(C(=O)OCC)c1C. The standard InChI is InChI=1S/C26H26N4O5S/c1-6-34-25(32)21-14(3)22(26(33)35-7-2)36-24(21)29-23(31)17-12-20(18-13-27-30(5)15(18)4)28-19-11-9-8-10-16(17)19/h8-13H,6-7H2,1-5H3,(H,29,31). The van der Waals surface area contributed by atoms with E-state index in [1.807, 2.05) is 38.2 Å². The van der Waals surface area contributed by atoms with E-state index in [4.69, 9.17) is 14.5 Å². The number of amides is 1. The van der Waals surface area contributed by atoms with Gasteiger partial charge in [-0.1, -0.05) is 18.2 Å². The summed E-state index contributed by atoms with van der Waals surface area (Å²) in [7, 11) is 1.84. The zero-order valence-corrected chi connectivity index (χ0v) is 21.5. The Morgan fingerprint density at radius 2 is 1.75 bits per heavy atom. The number of nitrogens with zero attached hydrogens (tertiary/aromatic N) is 3. The average Bonchev–Trinajstić information content (AvgIpc) is 3.36. The van der Waals surface area contributed by atoms with Crippen LogP contribution in [-0.2, 0) is 16.5 Å². The van der Waals surface area contributed by atoms with Crippen molar-refractivity contribution in [1.82, 2.24) is 14.8 Å². The Bertz CT molecular complexity index is 1490. The van der Waals surface area contributed by atoms with Crippen LogP contribution < -0.4 is 5.32 Å². The van der Waals surface area contributed by atoms with E-state index < -0.39 is 17.8 Å². The molecule has 0 saturated heterocycles. The maximum atomic E-state index is 13.6. The topological polar surface area (TPSA) is 112 Å². The normalized spacial score (nSPS) is 10.9. The van der Waals surface area contributed by atoms with E-state index in [0.717, 1.165) is 22.6 Å². The third-order valence-electron chi connectivity index (χ3n) is 5.79. The van der Waals surface area contributed by atoms with E-state index in [0.29, 0.717) is 27.7 Å². The third-order valence-corrected chi connectivity index (χ3v) is 6.97. The molecule has 0 aliphatic carbocycles. The summed E-state index contributed by atoms with van der Waals surface area (Å²) in [5, 5.41) is 8.00. The highest BCUT2D eigenvalue weighted by molar-refractivity contribution is 7.18. The van der Waals surface area contributed by atoms with E-state index in [-0.39, 0.29) is 28.7 Å². The minimum absolute atomic E-state index is 0.139. The molecule has 0 spiro atoms. The molecule has 36 heavy (non-hydrogen) atoms. The van der Waals surface area contributed by atoms with Gasteiger partial charge in [-0.05, 0) is 45.4 Å². The number of para-hydroxylation sites is 1. The Labute approximate surface area is 212 Å². The molecular weight excluding hydrogens is 480 g/mol. The quantitative estimate of drug-likeness (QED) is 0.354. The van der Waals surface area contributed by atoms with Gasteiger partial charge in [0.25, 0.3) is 5.91 Å². The number of carbonyl (C=O) groups excluding carboxylic acids is 3. The van der Waals surface area contributed by atoms with Crippen molar-refractivity contribution >= 4 is 45.1 Å². The van der Waals surface area contributed by atoms with E-state index in [2.05, 4.69) is 10.4 Å². The number of fused-ring (bicyclic) bond motifs is 1. The Morgan fingerprint density at radius 1 is 1.06 bits per heavy atom. The molecule has 0 atom stereocenters. The number of esters is 2. The van der Waals surface area contributed by atoms with Crippen molar-refractivity contribution < 1.29 is 23.9 Å². The maximum absolute atomic E-state index is 13.6. The summed E-state index contributed by atoms with van der Waals surface area (Å²) in [4.78, 5) is 43.8. The van der Waals surface area contributed by atoms with Gasteiger partial charge < -0.3 is 14.8 Å². The molecule has 0 unspecified atom stereocenters. The Balaban J connectivity index is 1.81. The van der Waals surface area contributed by atoms with Crippen LogP contribution in [0.25, 0.3) is 22.2 Å². The molecule has 3 heterocycles. The molecule has 1 N–H and O–H groups in total. The molecule has 0 radical (unpaired) electrons. The number of aromatic nitrogens is 3. The van der Waals surface area contributed by atoms with Crippen molar-refractivity contribution in [3.05, 3.63) is 63.8 Å². The van der Waals surface area contributed by atoms with Crippen LogP contribution in [0.15, 0.2) is 36.5 Å².